The van der Waals surface area contributed by atoms with Crippen LogP contribution in [0.2, 0.25) is 0 Å². The highest BCUT2D eigenvalue weighted by Gasteiger charge is 2.36. The van der Waals surface area contributed by atoms with E-state index in [1.165, 1.54) is 6.92 Å². The Morgan fingerprint density at radius 1 is 0.675 bits per heavy atom. The van der Waals surface area contributed by atoms with Crippen molar-refractivity contribution in [3.05, 3.63) is 167 Å². The number of carbonyl (C=O) groups excluding carboxylic acids is 6. The van der Waals surface area contributed by atoms with Crippen molar-refractivity contribution in [2.75, 3.05) is 25.2 Å². The monoisotopic (exact) mass is 1070 g/mol. The lowest BCUT2D eigenvalue weighted by Crippen LogP contribution is -2.58. The van der Waals surface area contributed by atoms with Crippen molar-refractivity contribution in [1.82, 2.24) is 32.0 Å². The number of carbonyl (C=O) groups is 6. The average molecular weight is 1070 g/mol. The van der Waals surface area contributed by atoms with Crippen molar-refractivity contribution in [3.8, 4) is 11.1 Å². The lowest BCUT2D eigenvalue weighted by molar-refractivity contribution is -0.251. The normalized spacial score (nSPS) is 15.4. The number of rotatable bonds is 23. The highest BCUT2D eigenvalue weighted by Crippen LogP contribution is 2.44. The zero-order chi connectivity index (χ0) is 54.9. The molecular weight excluding hydrogens is 1000 g/mol. The molecule has 2 aliphatic carbocycles. The first-order valence-electron chi connectivity index (χ1n) is 25.8. The number of benzene rings is 5. The summed E-state index contributed by atoms with van der Waals surface area (Å²) in [6.07, 6.45) is 3.67. The molecular formula is C58H65N8O10S-. The zero-order valence-electron chi connectivity index (χ0n) is 43.3. The van der Waals surface area contributed by atoms with Gasteiger partial charge in [0, 0.05) is 18.8 Å². The molecule has 7 rings (SSSR count). The summed E-state index contributed by atoms with van der Waals surface area (Å²) in [4.78, 5) is 87.3. The Labute approximate surface area is 448 Å². The molecule has 1 fully saturated rings. The molecule has 0 saturated heterocycles. The maximum absolute atomic E-state index is 14.5. The Bertz CT molecular complexity index is 2960. The van der Waals surface area contributed by atoms with Crippen LogP contribution in [0.25, 0.3) is 11.1 Å². The molecule has 6 amide bonds. The van der Waals surface area contributed by atoms with E-state index in [4.69, 9.17) is 4.74 Å². The van der Waals surface area contributed by atoms with E-state index >= 15 is 0 Å². The summed E-state index contributed by atoms with van der Waals surface area (Å²) in [6.45, 7) is 2.33. The van der Waals surface area contributed by atoms with Crippen LogP contribution < -0.4 is 37.1 Å². The van der Waals surface area contributed by atoms with Crippen molar-refractivity contribution < 1.29 is 47.0 Å². The van der Waals surface area contributed by atoms with E-state index in [-0.39, 0.29) is 24.7 Å². The van der Waals surface area contributed by atoms with E-state index in [2.05, 4.69) is 42.1 Å². The molecule has 6 N–H and O–H groups in total. The molecule has 0 unspecified atom stereocenters. The van der Waals surface area contributed by atoms with E-state index < -0.39 is 99.7 Å². The minimum absolute atomic E-state index is 0.00802. The molecule has 0 bridgehead atoms. The van der Waals surface area contributed by atoms with Gasteiger partial charge in [-0.1, -0.05) is 172 Å². The molecule has 404 valence electrons. The van der Waals surface area contributed by atoms with Gasteiger partial charge < -0.3 is 36.4 Å². The van der Waals surface area contributed by atoms with Gasteiger partial charge in [0.25, 0.3) is 5.91 Å². The minimum atomic E-state index is -4.01. The van der Waals surface area contributed by atoms with Crippen LogP contribution in [0.5, 0.6) is 0 Å². The van der Waals surface area contributed by atoms with Gasteiger partial charge in [-0.05, 0) is 71.0 Å². The van der Waals surface area contributed by atoms with E-state index in [1.54, 1.807) is 37.3 Å². The predicted molar refractivity (Wildman–Crippen MR) is 291 cm³/mol. The van der Waals surface area contributed by atoms with Gasteiger partial charge in [0.1, 0.15) is 39.8 Å². The number of hydrogen-bond donors (Lipinski definition) is 6. The number of sulfone groups is 1. The number of aliphatic imine (C=N–C) groups is 1. The second kappa shape index (κ2) is 27.0. The van der Waals surface area contributed by atoms with E-state index in [0.717, 1.165) is 58.9 Å². The predicted octanol–water partition coefficient (Wildman–Crippen LogP) is 5.30. The van der Waals surface area contributed by atoms with Gasteiger partial charge in [-0.15, -0.1) is 0 Å². The average Bonchev–Trinajstić information content (AvgIpc) is 3.79. The molecule has 2 aliphatic rings. The lowest BCUT2D eigenvalue weighted by Gasteiger charge is -2.30. The first-order valence-corrected chi connectivity index (χ1v) is 27.9. The van der Waals surface area contributed by atoms with Gasteiger partial charge in [0.05, 0.1) is 24.4 Å². The molecule has 5 aromatic rings. The number of nitrogens with zero attached hydrogens (tertiary/aromatic N) is 2. The number of fused-ring (bicyclic) bond motifs is 3. The third-order valence-corrected chi connectivity index (χ3v) is 14.5. The van der Waals surface area contributed by atoms with Crippen molar-refractivity contribution in [2.24, 2.45) is 16.0 Å². The molecule has 77 heavy (non-hydrogen) atoms. The highest BCUT2D eigenvalue weighted by atomic mass is 32.2. The molecule has 0 spiro atoms. The van der Waals surface area contributed by atoms with Crippen LogP contribution in [0.3, 0.4) is 0 Å². The molecule has 4 atom stereocenters. The minimum Gasteiger partial charge on any atom is -0.599 e. The SMILES string of the molecule is CCC[C@H](NC(=O)[C@H](CS(C)(=O)=O)NC(=O)[C@@H](N=C([O-])OCC1c2ccccc2-c2ccccc21)C1CCCCC1)C(=NNC(=O)NC(c1ccccc1)c1ccccc1)C(=O)NCC(=O)N[C@H](C(C)=O)c1ccccc1. The Balaban J connectivity index is 1.13. The van der Waals surface area contributed by atoms with Crippen molar-refractivity contribution in [3.63, 3.8) is 0 Å². The Kier molecular flexibility index (Phi) is 19.8. The van der Waals surface area contributed by atoms with Gasteiger partial charge >= 0.3 is 6.03 Å². The van der Waals surface area contributed by atoms with E-state index in [1.807, 2.05) is 109 Å². The lowest BCUT2D eigenvalue weighted by atomic mass is 9.83. The third kappa shape index (κ3) is 15.7. The molecule has 5 aromatic carbocycles. The number of urea groups is 1. The molecule has 0 heterocycles. The molecule has 0 radical (unpaired) electrons. The summed E-state index contributed by atoms with van der Waals surface area (Å²) in [5.74, 6) is -5.62. The quantitative estimate of drug-likeness (QED) is 0.0279. The summed E-state index contributed by atoms with van der Waals surface area (Å²) in [6, 6.07) is 35.3. The number of hydrazone groups is 1. The van der Waals surface area contributed by atoms with Crippen LogP contribution in [-0.4, -0.2) is 98.9 Å². The van der Waals surface area contributed by atoms with Crippen LogP contribution in [-0.2, 0) is 38.5 Å². The summed E-state index contributed by atoms with van der Waals surface area (Å²) in [5.41, 5.74) is 7.87. The second-order valence-corrected chi connectivity index (χ2v) is 21.5. The summed E-state index contributed by atoms with van der Waals surface area (Å²) < 4.78 is 31.8. The van der Waals surface area contributed by atoms with Crippen LogP contribution in [0.15, 0.2) is 150 Å². The van der Waals surface area contributed by atoms with Gasteiger partial charge in [-0.25, -0.2) is 18.6 Å². The number of Topliss-reactive ketones (excluding diaryl/α,β-unsaturated/α-hetero) is 1. The topological polar surface area (TPSA) is 266 Å². The molecule has 0 aliphatic heterocycles. The first-order chi connectivity index (χ1) is 37.1. The molecule has 18 nitrogen and oxygen atoms in total. The summed E-state index contributed by atoms with van der Waals surface area (Å²) in [5, 5.41) is 31.1. The summed E-state index contributed by atoms with van der Waals surface area (Å²) in [7, 11) is -4.01. The number of ether oxygens (including phenoxy) is 1. The second-order valence-electron chi connectivity index (χ2n) is 19.3. The fraction of sp³-hybridized carbons (Fsp3) is 0.345. The Hall–Kier alpha value is -8.19. The maximum Gasteiger partial charge on any atom is 0.335 e. The van der Waals surface area contributed by atoms with Crippen LogP contribution >= 0.6 is 0 Å². The van der Waals surface area contributed by atoms with Gasteiger partial charge in [-0.2, -0.15) is 5.10 Å². The maximum atomic E-state index is 14.5. The number of hydrogen-bond acceptors (Lipinski definition) is 12. The van der Waals surface area contributed by atoms with Gasteiger partial charge in [0.2, 0.25) is 17.7 Å². The van der Waals surface area contributed by atoms with Crippen molar-refractivity contribution in [2.45, 2.75) is 94.9 Å². The van der Waals surface area contributed by atoms with Gasteiger partial charge in [0.15, 0.2) is 5.78 Å². The number of nitrogens with one attached hydrogen (secondary N) is 6. The van der Waals surface area contributed by atoms with E-state index in [0.29, 0.717) is 24.8 Å². The van der Waals surface area contributed by atoms with Gasteiger partial charge in [-0.3, -0.25) is 29.0 Å². The summed E-state index contributed by atoms with van der Waals surface area (Å²) >= 11 is 0. The van der Waals surface area contributed by atoms with Crippen molar-refractivity contribution >= 4 is 57.1 Å². The van der Waals surface area contributed by atoms with E-state index in [9.17, 15) is 42.3 Å². The Morgan fingerprint density at radius 2 is 1.21 bits per heavy atom. The molecule has 19 heteroatoms. The number of ketones is 1. The Morgan fingerprint density at radius 3 is 1.75 bits per heavy atom. The smallest absolute Gasteiger partial charge is 0.335 e. The largest absolute Gasteiger partial charge is 0.599 e. The fourth-order valence-corrected chi connectivity index (χ4v) is 10.7. The standard InChI is InChI=1S/C58H66N8O10S/c1-4-21-47(53(55(70)59-34-49(68)62-50(37(2)67)38-22-9-5-10-23-38)65-66-57(72)63-51(39-24-11-6-12-25-39)40-26-13-7-14-27-40)60-54(69)48(36-77(3,74)75)61-56(71)52(41-28-15-8-16-29-41)64-58(73)76-35-46-44-32-19-17-30-42(44)43-31-18-20-33-45(43)46/h5-7,9-14,17-20,22-27,30-33,41,46-48,50-52H,4,8,15-16,21,28-29,34-36H2,1-3H3,(H,59,70)(H,60,69)(H,61,71)(H,62,68)(H,64,73)(H2,63,66,72)/p-1/t47-,48-,50+,52-/m0/s1. The molecule has 1 saturated carbocycles. The van der Waals surface area contributed by atoms with Crippen LogP contribution in [0, 0.1) is 5.92 Å². The highest BCUT2D eigenvalue weighted by molar-refractivity contribution is 7.90. The van der Waals surface area contributed by atoms with Crippen LogP contribution in [0.4, 0.5) is 4.79 Å². The first kappa shape index (κ1) is 56.5. The number of amides is 6. The van der Waals surface area contributed by atoms with Crippen LogP contribution in [0.1, 0.15) is 105 Å². The zero-order valence-corrected chi connectivity index (χ0v) is 44.1. The molecule has 0 aromatic heterocycles. The van der Waals surface area contributed by atoms with Crippen molar-refractivity contribution in [1.29, 1.82) is 0 Å². The fourth-order valence-electron chi connectivity index (χ4n) is 9.89. The third-order valence-electron chi connectivity index (χ3n) is 13.6.